The molecule has 0 aliphatic rings. The van der Waals surface area contributed by atoms with E-state index < -0.39 is 0 Å². The van der Waals surface area contributed by atoms with Crippen LogP contribution in [0.3, 0.4) is 0 Å². The zero-order valence-electron chi connectivity index (χ0n) is 12.0. The van der Waals surface area contributed by atoms with E-state index in [1.54, 1.807) is 11.9 Å². The van der Waals surface area contributed by atoms with Gasteiger partial charge in [0.15, 0.2) is 0 Å². The summed E-state index contributed by atoms with van der Waals surface area (Å²) in [4.78, 5) is 24.4. The number of amides is 1. The first kappa shape index (κ1) is 16.9. The van der Waals surface area contributed by atoms with Crippen molar-refractivity contribution >= 4 is 11.9 Å². The van der Waals surface area contributed by atoms with Crippen molar-refractivity contribution in [3.63, 3.8) is 0 Å². The second-order valence-corrected chi connectivity index (χ2v) is 4.66. The summed E-state index contributed by atoms with van der Waals surface area (Å²) in [7, 11) is 3.18. The molecule has 1 amide bonds. The van der Waals surface area contributed by atoms with Gasteiger partial charge in [0.05, 0.1) is 7.11 Å². The van der Waals surface area contributed by atoms with Crippen LogP contribution in [0, 0.1) is 0 Å². The molecule has 0 spiro atoms. The molecule has 0 aromatic rings. The Labute approximate surface area is 111 Å². The minimum Gasteiger partial charge on any atom is -0.469 e. The van der Waals surface area contributed by atoms with Crippen LogP contribution in [0.5, 0.6) is 0 Å². The van der Waals surface area contributed by atoms with Gasteiger partial charge in [-0.1, -0.05) is 32.6 Å². The van der Waals surface area contributed by atoms with E-state index in [1.165, 1.54) is 26.4 Å². The molecule has 0 atom stereocenters. The summed E-state index contributed by atoms with van der Waals surface area (Å²) in [6.45, 7) is 2.81. The zero-order valence-corrected chi connectivity index (χ0v) is 12.0. The lowest BCUT2D eigenvalue weighted by atomic mass is 10.1. The summed E-state index contributed by atoms with van der Waals surface area (Å²) >= 11 is 0. The predicted molar refractivity (Wildman–Crippen MR) is 72.3 cm³/mol. The van der Waals surface area contributed by atoms with E-state index in [0.717, 1.165) is 12.8 Å². The van der Waals surface area contributed by atoms with E-state index in [2.05, 4.69) is 11.7 Å². The van der Waals surface area contributed by atoms with Gasteiger partial charge in [-0.2, -0.15) is 0 Å². The summed E-state index contributed by atoms with van der Waals surface area (Å²) in [5.41, 5.74) is 0. The van der Waals surface area contributed by atoms with Gasteiger partial charge in [-0.05, 0) is 12.8 Å². The highest BCUT2D eigenvalue weighted by atomic mass is 16.5. The second kappa shape index (κ2) is 11.1. The molecule has 0 bridgehead atoms. The fourth-order valence-corrected chi connectivity index (χ4v) is 1.76. The van der Waals surface area contributed by atoms with Crippen molar-refractivity contribution in [2.24, 2.45) is 0 Å². The molecular formula is C14H27NO3. The maximum atomic E-state index is 11.7. The molecule has 0 fully saturated rings. The van der Waals surface area contributed by atoms with Crippen LogP contribution in [0.4, 0.5) is 0 Å². The van der Waals surface area contributed by atoms with Crippen LogP contribution in [0.2, 0.25) is 0 Å². The van der Waals surface area contributed by atoms with E-state index in [9.17, 15) is 9.59 Å². The fourth-order valence-electron chi connectivity index (χ4n) is 1.76. The van der Waals surface area contributed by atoms with Crippen LogP contribution in [-0.4, -0.2) is 37.5 Å². The molecule has 0 saturated carbocycles. The third-order valence-corrected chi connectivity index (χ3v) is 3.02. The van der Waals surface area contributed by atoms with Crippen molar-refractivity contribution in [1.82, 2.24) is 4.90 Å². The van der Waals surface area contributed by atoms with Gasteiger partial charge in [-0.25, -0.2) is 0 Å². The third-order valence-electron chi connectivity index (χ3n) is 3.02. The van der Waals surface area contributed by atoms with Crippen LogP contribution < -0.4 is 0 Å². The second-order valence-electron chi connectivity index (χ2n) is 4.66. The smallest absolute Gasteiger partial charge is 0.305 e. The van der Waals surface area contributed by atoms with Crippen molar-refractivity contribution < 1.29 is 14.3 Å². The SMILES string of the molecule is CCCCCCCC(=O)N(C)CCCC(=O)OC. The number of hydrogen-bond acceptors (Lipinski definition) is 3. The Morgan fingerprint density at radius 1 is 1.00 bits per heavy atom. The van der Waals surface area contributed by atoms with E-state index in [4.69, 9.17) is 0 Å². The number of hydrogen-bond donors (Lipinski definition) is 0. The molecule has 18 heavy (non-hydrogen) atoms. The van der Waals surface area contributed by atoms with E-state index in [-0.39, 0.29) is 11.9 Å². The Morgan fingerprint density at radius 3 is 2.28 bits per heavy atom. The van der Waals surface area contributed by atoms with Crippen LogP contribution in [0.15, 0.2) is 0 Å². The molecule has 0 radical (unpaired) electrons. The number of nitrogens with zero attached hydrogens (tertiary/aromatic N) is 1. The molecular weight excluding hydrogens is 230 g/mol. The van der Waals surface area contributed by atoms with E-state index >= 15 is 0 Å². The molecule has 0 aliphatic carbocycles. The summed E-state index contributed by atoms with van der Waals surface area (Å²) < 4.78 is 4.55. The maximum absolute atomic E-state index is 11.7. The van der Waals surface area contributed by atoms with Gasteiger partial charge in [-0.15, -0.1) is 0 Å². The van der Waals surface area contributed by atoms with Crippen LogP contribution in [0.1, 0.15) is 58.3 Å². The highest BCUT2D eigenvalue weighted by molar-refractivity contribution is 5.75. The Bertz CT molecular complexity index is 241. The van der Waals surface area contributed by atoms with Gasteiger partial charge in [0.1, 0.15) is 0 Å². The number of carbonyl (C=O) groups excluding carboxylic acids is 2. The van der Waals surface area contributed by atoms with Gasteiger partial charge in [0.25, 0.3) is 0 Å². The van der Waals surface area contributed by atoms with Gasteiger partial charge in [0, 0.05) is 26.4 Å². The third kappa shape index (κ3) is 9.02. The first-order chi connectivity index (χ1) is 8.61. The van der Waals surface area contributed by atoms with Gasteiger partial charge < -0.3 is 9.64 Å². The van der Waals surface area contributed by atoms with E-state index in [1.807, 2.05) is 0 Å². The first-order valence-electron chi connectivity index (χ1n) is 6.92. The van der Waals surface area contributed by atoms with Crippen LogP contribution in [-0.2, 0) is 14.3 Å². The van der Waals surface area contributed by atoms with Crippen molar-refractivity contribution in [3.8, 4) is 0 Å². The summed E-state index contributed by atoms with van der Waals surface area (Å²) in [6.07, 6.45) is 7.48. The number of methoxy groups -OCH3 is 1. The number of esters is 1. The molecule has 106 valence electrons. The number of unbranched alkanes of at least 4 members (excludes halogenated alkanes) is 4. The minimum atomic E-state index is -0.213. The van der Waals surface area contributed by atoms with Gasteiger partial charge in [0.2, 0.25) is 5.91 Å². The molecule has 0 aromatic heterocycles. The van der Waals surface area contributed by atoms with Crippen LogP contribution in [0.25, 0.3) is 0 Å². The number of carbonyl (C=O) groups is 2. The average molecular weight is 257 g/mol. The van der Waals surface area contributed by atoms with Crippen molar-refractivity contribution in [2.45, 2.75) is 58.3 Å². The van der Waals surface area contributed by atoms with Crippen molar-refractivity contribution in [2.75, 3.05) is 20.7 Å². The Balaban J connectivity index is 3.54. The highest BCUT2D eigenvalue weighted by Crippen LogP contribution is 2.07. The fraction of sp³-hybridized carbons (Fsp3) is 0.857. The molecule has 4 nitrogen and oxygen atoms in total. The minimum absolute atomic E-state index is 0.177. The summed E-state index contributed by atoms with van der Waals surface area (Å²) in [6, 6.07) is 0. The Kier molecular flexibility index (Phi) is 10.4. The molecule has 4 heteroatoms. The monoisotopic (exact) mass is 257 g/mol. The Hall–Kier alpha value is -1.06. The quantitative estimate of drug-likeness (QED) is 0.446. The molecule has 0 N–H and O–H groups in total. The topological polar surface area (TPSA) is 46.6 Å². The first-order valence-corrected chi connectivity index (χ1v) is 6.92. The molecule has 0 unspecified atom stereocenters. The summed E-state index contributed by atoms with van der Waals surface area (Å²) in [5, 5.41) is 0. The van der Waals surface area contributed by atoms with Crippen molar-refractivity contribution in [1.29, 1.82) is 0 Å². The zero-order chi connectivity index (χ0) is 13.8. The van der Waals surface area contributed by atoms with E-state index in [0.29, 0.717) is 25.8 Å². The molecule has 0 heterocycles. The van der Waals surface area contributed by atoms with Gasteiger partial charge >= 0.3 is 5.97 Å². The maximum Gasteiger partial charge on any atom is 0.305 e. The summed E-state index contributed by atoms with van der Waals surface area (Å²) in [5.74, 6) is -0.0354. The van der Waals surface area contributed by atoms with Crippen molar-refractivity contribution in [3.05, 3.63) is 0 Å². The standard InChI is InChI=1S/C14H27NO3/c1-4-5-6-7-8-10-13(16)15(2)12-9-11-14(17)18-3/h4-12H2,1-3H3. The molecule has 0 aromatic carbocycles. The highest BCUT2D eigenvalue weighted by Gasteiger charge is 2.09. The lowest BCUT2D eigenvalue weighted by Crippen LogP contribution is -2.27. The number of rotatable bonds is 10. The average Bonchev–Trinajstić information content (AvgIpc) is 2.37. The Morgan fingerprint density at radius 2 is 1.67 bits per heavy atom. The lowest BCUT2D eigenvalue weighted by molar-refractivity contribution is -0.141. The normalized spacial score (nSPS) is 10.2. The lowest BCUT2D eigenvalue weighted by Gasteiger charge is -2.16. The molecule has 0 rings (SSSR count). The largest absolute Gasteiger partial charge is 0.469 e. The molecule has 0 saturated heterocycles. The van der Waals surface area contributed by atoms with Crippen LogP contribution >= 0.6 is 0 Å². The number of ether oxygens (including phenoxy) is 1. The molecule has 0 aliphatic heterocycles. The van der Waals surface area contributed by atoms with Gasteiger partial charge in [-0.3, -0.25) is 9.59 Å². The predicted octanol–water partition coefficient (Wildman–Crippen LogP) is 2.76.